The van der Waals surface area contributed by atoms with Gasteiger partial charge >= 0.3 is 0 Å². The Bertz CT molecular complexity index is 624. The molecule has 4 N–H and O–H groups in total. The van der Waals surface area contributed by atoms with E-state index in [0.717, 1.165) is 44.4 Å². The number of unbranched alkanes of at least 4 members (excludes halogenated alkanes) is 28. The van der Waals surface area contributed by atoms with Crippen LogP contribution in [0.3, 0.4) is 0 Å². The van der Waals surface area contributed by atoms with Crippen molar-refractivity contribution >= 4 is 5.78 Å². The summed E-state index contributed by atoms with van der Waals surface area (Å²) in [6.07, 6.45) is 37.0. The summed E-state index contributed by atoms with van der Waals surface area (Å²) in [6, 6.07) is 0. The molecule has 0 aliphatic rings. The fourth-order valence-electron chi connectivity index (χ4n) is 6.79. The number of rotatable bonds is 39. The van der Waals surface area contributed by atoms with E-state index in [4.69, 9.17) is 5.11 Å². The predicted molar refractivity (Wildman–Crippen MR) is 202 cm³/mol. The molecule has 0 heterocycles. The highest BCUT2D eigenvalue weighted by Gasteiger charge is 2.23. The van der Waals surface area contributed by atoms with Crippen LogP contribution in [0.2, 0.25) is 0 Å². The topological polar surface area (TPSA) is 98.0 Å². The zero-order valence-corrected chi connectivity index (χ0v) is 31.8. The van der Waals surface area contributed by atoms with Crippen molar-refractivity contribution in [2.24, 2.45) is 5.92 Å². The van der Waals surface area contributed by atoms with Gasteiger partial charge in [-0.25, -0.2) is 0 Å². The van der Waals surface area contributed by atoms with Crippen LogP contribution in [0.5, 0.6) is 0 Å². The highest BCUT2D eigenvalue weighted by molar-refractivity contribution is 5.82. The SMILES string of the molecule is CC(C)CCCCCCCCCCCC(O)C(O)CC(O)C(=O)CCCCCCCCCCCCCCCCCCCCCCCO. The molecule has 0 saturated carbocycles. The molecule has 0 aliphatic heterocycles. The molecule has 0 aromatic heterocycles. The van der Waals surface area contributed by atoms with Gasteiger partial charge in [0.25, 0.3) is 0 Å². The van der Waals surface area contributed by atoms with Gasteiger partial charge in [0.2, 0.25) is 0 Å². The maximum atomic E-state index is 12.3. The average Bonchev–Trinajstić information content (AvgIpc) is 3.05. The fourth-order valence-corrected chi connectivity index (χ4v) is 6.79. The normalized spacial score (nSPS) is 13.8. The molecule has 0 aromatic rings. The van der Waals surface area contributed by atoms with Gasteiger partial charge < -0.3 is 20.4 Å². The summed E-state index contributed by atoms with van der Waals surface area (Å²) in [4.78, 5) is 12.3. The minimum atomic E-state index is -1.16. The van der Waals surface area contributed by atoms with Crippen molar-refractivity contribution < 1.29 is 25.2 Å². The lowest BCUT2D eigenvalue weighted by molar-refractivity contribution is -0.129. The number of carbonyl (C=O) groups excluding carboxylic acids is 1. The lowest BCUT2D eigenvalue weighted by Gasteiger charge is -2.20. The summed E-state index contributed by atoms with van der Waals surface area (Å²) < 4.78 is 0. The van der Waals surface area contributed by atoms with Crippen LogP contribution in [0.1, 0.15) is 232 Å². The van der Waals surface area contributed by atoms with Gasteiger partial charge in [0, 0.05) is 19.4 Å². The van der Waals surface area contributed by atoms with Crippen molar-refractivity contribution in [3.8, 4) is 0 Å². The summed E-state index contributed by atoms with van der Waals surface area (Å²) >= 11 is 0. The Kier molecular flexibility index (Phi) is 36.4. The largest absolute Gasteiger partial charge is 0.396 e. The van der Waals surface area contributed by atoms with Crippen molar-refractivity contribution in [1.82, 2.24) is 0 Å². The van der Waals surface area contributed by atoms with Crippen molar-refractivity contribution in [1.29, 1.82) is 0 Å². The number of carbonyl (C=O) groups is 1. The van der Waals surface area contributed by atoms with Gasteiger partial charge in [-0.15, -0.1) is 0 Å². The number of ketones is 1. The molecular formula is C42H84O5. The molecular weight excluding hydrogens is 584 g/mol. The van der Waals surface area contributed by atoms with E-state index in [1.807, 2.05) is 0 Å². The highest BCUT2D eigenvalue weighted by Crippen LogP contribution is 2.18. The summed E-state index contributed by atoms with van der Waals surface area (Å²) in [5, 5.41) is 39.6. The first-order chi connectivity index (χ1) is 22.9. The molecule has 0 amide bonds. The molecule has 5 heteroatoms. The molecule has 0 radical (unpaired) electrons. The van der Waals surface area contributed by atoms with E-state index in [-0.39, 0.29) is 12.2 Å². The molecule has 47 heavy (non-hydrogen) atoms. The number of hydrogen-bond donors (Lipinski definition) is 4. The Balaban J connectivity index is 3.46. The van der Waals surface area contributed by atoms with Crippen LogP contribution in [0.15, 0.2) is 0 Å². The highest BCUT2D eigenvalue weighted by atomic mass is 16.3. The zero-order chi connectivity index (χ0) is 34.6. The third-order valence-corrected chi connectivity index (χ3v) is 10.1. The van der Waals surface area contributed by atoms with E-state index >= 15 is 0 Å². The molecule has 0 aliphatic carbocycles. The minimum absolute atomic E-state index is 0.0510. The van der Waals surface area contributed by atoms with Crippen molar-refractivity contribution in [2.45, 2.75) is 250 Å². The monoisotopic (exact) mass is 669 g/mol. The standard InChI is InChI=1S/C42H84O5/c1-38(2)33-29-25-21-17-16-19-23-27-31-35-40(45)42(47)37-41(46)39(44)34-30-26-22-18-14-12-10-8-6-4-3-5-7-9-11-13-15-20-24-28-32-36-43/h38,40-43,45-47H,3-37H2,1-2H3. The van der Waals surface area contributed by atoms with Crippen molar-refractivity contribution in [3.05, 3.63) is 0 Å². The van der Waals surface area contributed by atoms with Crippen LogP contribution in [-0.4, -0.2) is 51.1 Å². The Morgan fingerprint density at radius 1 is 0.404 bits per heavy atom. The van der Waals surface area contributed by atoms with Gasteiger partial charge in [-0.2, -0.15) is 0 Å². The van der Waals surface area contributed by atoms with Crippen LogP contribution in [0.25, 0.3) is 0 Å². The van der Waals surface area contributed by atoms with Gasteiger partial charge in [-0.1, -0.05) is 200 Å². The first kappa shape index (κ1) is 46.5. The first-order valence-corrected chi connectivity index (χ1v) is 21.1. The molecule has 0 saturated heterocycles. The Morgan fingerprint density at radius 3 is 1.04 bits per heavy atom. The maximum Gasteiger partial charge on any atom is 0.161 e. The summed E-state index contributed by atoms with van der Waals surface area (Å²) in [5.74, 6) is 0.625. The molecule has 3 atom stereocenters. The van der Waals surface area contributed by atoms with Gasteiger partial charge in [0.1, 0.15) is 6.10 Å². The van der Waals surface area contributed by atoms with Crippen LogP contribution >= 0.6 is 0 Å². The van der Waals surface area contributed by atoms with E-state index in [9.17, 15) is 20.1 Å². The quantitative estimate of drug-likeness (QED) is 0.0489. The van der Waals surface area contributed by atoms with E-state index < -0.39 is 18.3 Å². The zero-order valence-electron chi connectivity index (χ0n) is 31.8. The molecule has 5 nitrogen and oxygen atoms in total. The van der Waals surface area contributed by atoms with Gasteiger partial charge in [-0.3, -0.25) is 4.79 Å². The Hall–Kier alpha value is -0.490. The van der Waals surface area contributed by atoms with Crippen LogP contribution in [0, 0.1) is 5.92 Å². The molecule has 0 fully saturated rings. The van der Waals surface area contributed by atoms with E-state index in [1.165, 1.54) is 161 Å². The van der Waals surface area contributed by atoms with Crippen LogP contribution < -0.4 is 0 Å². The summed E-state index contributed by atoms with van der Waals surface area (Å²) in [6.45, 7) is 4.93. The second-order valence-electron chi connectivity index (χ2n) is 15.4. The molecule has 3 unspecified atom stereocenters. The molecule has 0 spiro atoms. The Morgan fingerprint density at radius 2 is 0.702 bits per heavy atom. The van der Waals surface area contributed by atoms with Crippen LogP contribution in [-0.2, 0) is 4.79 Å². The minimum Gasteiger partial charge on any atom is -0.396 e. The summed E-state index contributed by atoms with van der Waals surface area (Å²) in [7, 11) is 0. The number of aliphatic hydroxyl groups excluding tert-OH is 4. The van der Waals surface area contributed by atoms with E-state index in [1.54, 1.807) is 0 Å². The number of hydrogen-bond acceptors (Lipinski definition) is 5. The third-order valence-electron chi connectivity index (χ3n) is 10.1. The van der Waals surface area contributed by atoms with Crippen molar-refractivity contribution in [3.63, 3.8) is 0 Å². The molecule has 0 rings (SSSR count). The van der Waals surface area contributed by atoms with Gasteiger partial charge in [-0.05, 0) is 25.2 Å². The lowest BCUT2D eigenvalue weighted by Crippen LogP contribution is -2.33. The fraction of sp³-hybridized carbons (Fsp3) is 0.976. The van der Waals surface area contributed by atoms with Crippen LogP contribution in [0.4, 0.5) is 0 Å². The Labute approximate surface area is 293 Å². The summed E-state index contributed by atoms with van der Waals surface area (Å²) in [5.41, 5.74) is 0. The van der Waals surface area contributed by atoms with Gasteiger partial charge in [0.05, 0.1) is 12.2 Å². The van der Waals surface area contributed by atoms with Crippen molar-refractivity contribution in [2.75, 3.05) is 6.61 Å². The van der Waals surface area contributed by atoms with E-state index in [0.29, 0.717) is 19.4 Å². The number of Topliss-reactive ketones (excluding diaryl/α,β-unsaturated/α-hetero) is 1. The predicted octanol–water partition coefficient (Wildman–Crippen LogP) is 11.5. The lowest BCUT2D eigenvalue weighted by atomic mass is 9.97. The molecule has 0 bridgehead atoms. The van der Waals surface area contributed by atoms with E-state index in [2.05, 4.69) is 13.8 Å². The second kappa shape index (κ2) is 36.8. The first-order valence-electron chi connectivity index (χ1n) is 21.1. The molecule has 0 aromatic carbocycles. The smallest absolute Gasteiger partial charge is 0.161 e. The molecule has 282 valence electrons. The third kappa shape index (κ3) is 35.1. The second-order valence-corrected chi connectivity index (χ2v) is 15.4. The number of aliphatic hydroxyl groups is 4. The van der Waals surface area contributed by atoms with Gasteiger partial charge in [0.15, 0.2) is 5.78 Å². The average molecular weight is 669 g/mol. The maximum absolute atomic E-state index is 12.3.